The molecular formula is C86H120F4N12O8. The summed E-state index contributed by atoms with van der Waals surface area (Å²) in [5.74, 6) is 4.68. The number of nitrogens with zero attached hydrogens (tertiary/aromatic N) is 12. The van der Waals surface area contributed by atoms with Crippen LogP contribution in [0.5, 0.6) is 46.1 Å². The maximum Gasteiger partial charge on any atom is 0.194 e. The maximum absolute atomic E-state index is 14.1. The topological polar surface area (TPSA) is 123 Å². The molecule has 0 N–H and O–H groups in total. The minimum Gasteiger partial charge on any atom is -0.497 e. The van der Waals surface area contributed by atoms with Gasteiger partial charge in [-0.15, -0.1) is 0 Å². The molecule has 0 spiro atoms. The second-order valence-electron chi connectivity index (χ2n) is 29.3. The predicted molar refractivity (Wildman–Crippen MR) is 443 cm³/mol. The van der Waals surface area contributed by atoms with Gasteiger partial charge in [-0.1, -0.05) is 0 Å². The van der Waals surface area contributed by atoms with E-state index in [0.29, 0.717) is 70.3 Å². The second-order valence-corrected chi connectivity index (χ2v) is 29.3. The van der Waals surface area contributed by atoms with E-state index in [1.807, 2.05) is 145 Å². The number of benzene rings is 6. The van der Waals surface area contributed by atoms with E-state index < -0.39 is 0 Å². The van der Waals surface area contributed by atoms with Crippen LogP contribution in [0, 0.1) is 23.4 Å². The summed E-state index contributed by atoms with van der Waals surface area (Å²) in [5.41, 5.74) is 5.70. The Morgan fingerprint density at radius 1 is 0.309 bits per heavy atom. The van der Waals surface area contributed by atoms with Crippen LogP contribution >= 0.6 is 0 Å². The number of rotatable bonds is 26. The number of hydrogen-bond donors (Lipinski definition) is 0. The maximum atomic E-state index is 14.1. The summed E-state index contributed by atoms with van der Waals surface area (Å²) in [4.78, 5) is 12.9. The molecule has 600 valence electrons. The minimum atomic E-state index is -0.286. The molecular weight excluding hydrogens is 1410 g/mol. The molecule has 0 radical (unpaired) electrons. The van der Waals surface area contributed by atoms with Crippen LogP contribution in [-0.2, 0) is 39.3 Å². The van der Waals surface area contributed by atoms with Crippen molar-refractivity contribution in [2.45, 2.75) is 117 Å². The molecule has 20 nitrogen and oxygen atoms in total. The standard InChI is InChI=1S/2C15H22N2O2.4C14H19FN2O/c1-11(16(2)3)10-17-14-7-6-13(18-4)8-12(14)9-15(17)19-5;1-11(16(2)3)10-17-9-8-12-13(17)6-7-14(18-4)15(12)19-5;1-10(16(2)3)9-17-13-6-5-12(18-4)7-11(13)8-14(17)15;1-10(16(2)3)9-17-6-5-11-7-12(18-4)8-13(15)14(11)17;1-10(16(2)3)8-17-9-13(15)12-7-11(18-4)5-6-14(12)17;1-10(16(2)3)9-17-8-7-11-12(17)5-6-13(18-4)14(11)15/h2*6-9,11H,10H2,1-5H3;2*5-8,10H,9H2,1-4H3;5-7,9-10H,8H2,1-4H3;5-8,10H,9H2,1-4H3/t2*11-;4*10-/m111111/s1. The monoisotopic (exact) mass is 1520 g/mol. The average Bonchev–Trinajstić information content (AvgIpc) is 1.68. The predicted octanol–water partition coefficient (Wildman–Crippen LogP) is 16.2. The lowest BCUT2D eigenvalue weighted by Crippen LogP contribution is -2.29. The van der Waals surface area contributed by atoms with Crippen molar-refractivity contribution < 1.29 is 55.5 Å². The van der Waals surface area contributed by atoms with Crippen molar-refractivity contribution in [2.75, 3.05) is 141 Å². The molecule has 6 atom stereocenters. The van der Waals surface area contributed by atoms with Gasteiger partial charge < -0.3 is 94.7 Å². The smallest absolute Gasteiger partial charge is 0.194 e. The molecule has 0 bridgehead atoms. The van der Waals surface area contributed by atoms with Gasteiger partial charge in [-0.25, -0.2) is 13.2 Å². The number of fused-ring (bicyclic) bond motifs is 6. The molecule has 0 fully saturated rings. The molecule has 0 saturated carbocycles. The van der Waals surface area contributed by atoms with E-state index in [1.54, 1.807) is 84.8 Å². The first-order chi connectivity index (χ1) is 52.3. The quantitative estimate of drug-likeness (QED) is 0.0478. The van der Waals surface area contributed by atoms with E-state index in [0.717, 1.165) is 99.7 Å². The number of likely N-dealkylation sites (N-methyl/N-ethyl adjacent to an activating group) is 6. The fraction of sp³-hybridized carbons (Fsp3) is 0.442. The average molecular weight is 1530 g/mol. The van der Waals surface area contributed by atoms with Crippen LogP contribution in [0.15, 0.2) is 146 Å². The van der Waals surface area contributed by atoms with E-state index in [4.69, 9.17) is 37.9 Å². The van der Waals surface area contributed by atoms with Gasteiger partial charge in [0.15, 0.2) is 40.7 Å². The van der Waals surface area contributed by atoms with Crippen molar-refractivity contribution in [1.82, 2.24) is 56.8 Å². The number of halogens is 4. The van der Waals surface area contributed by atoms with Crippen molar-refractivity contribution in [2.24, 2.45) is 0 Å². The van der Waals surface area contributed by atoms with Gasteiger partial charge in [-0.2, -0.15) is 4.39 Å². The summed E-state index contributed by atoms with van der Waals surface area (Å²) in [7, 11) is 37.5. The highest BCUT2D eigenvalue weighted by molar-refractivity contribution is 5.90. The molecule has 0 unspecified atom stereocenters. The van der Waals surface area contributed by atoms with Gasteiger partial charge in [-0.3, -0.25) is 0 Å². The molecule has 6 aromatic carbocycles. The van der Waals surface area contributed by atoms with Crippen molar-refractivity contribution in [3.8, 4) is 46.1 Å². The first-order valence-corrected chi connectivity index (χ1v) is 37.0. The van der Waals surface area contributed by atoms with E-state index in [2.05, 4.69) is 143 Å². The largest absolute Gasteiger partial charge is 0.497 e. The third-order valence-electron chi connectivity index (χ3n) is 20.8. The Morgan fingerprint density at radius 2 is 0.700 bits per heavy atom. The summed E-state index contributed by atoms with van der Waals surface area (Å²) >= 11 is 0. The molecule has 0 aliphatic rings. The van der Waals surface area contributed by atoms with E-state index in [1.165, 1.54) is 24.2 Å². The van der Waals surface area contributed by atoms with Crippen LogP contribution in [0.4, 0.5) is 17.6 Å². The zero-order valence-corrected chi connectivity index (χ0v) is 69.7. The van der Waals surface area contributed by atoms with Crippen molar-refractivity contribution in [3.05, 3.63) is 170 Å². The number of ether oxygens (including phenoxy) is 8. The van der Waals surface area contributed by atoms with Crippen LogP contribution in [0.1, 0.15) is 41.5 Å². The normalized spacial score (nSPS) is 13.1. The molecule has 12 rings (SSSR count). The Morgan fingerprint density at radius 3 is 1.18 bits per heavy atom. The highest BCUT2D eigenvalue weighted by atomic mass is 19.1. The Hall–Kier alpha value is -9.56. The van der Waals surface area contributed by atoms with Gasteiger partial charge in [0.1, 0.15) is 28.8 Å². The van der Waals surface area contributed by atoms with Crippen molar-refractivity contribution in [3.63, 3.8) is 0 Å². The van der Waals surface area contributed by atoms with E-state index in [-0.39, 0.29) is 29.4 Å². The van der Waals surface area contributed by atoms with Crippen molar-refractivity contribution >= 4 is 65.4 Å². The molecule has 24 heteroatoms. The van der Waals surface area contributed by atoms with Crippen molar-refractivity contribution in [1.29, 1.82) is 0 Å². The fourth-order valence-electron chi connectivity index (χ4n) is 12.2. The Kier molecular flexibility index (Phi) is 32.2. The Bertz CT molecular complexity index is 4850. The summed E-state index contributed by atoms with van der Waals surface area (Å²) in [5, 5.41) is 5.20. The summed E-state index contributed by atoms with van der Waals surface area (Å²) in [6.45, 7) is 17.7. The highest BCUT2D eigenvalue weighted by Gasteiger charge is 2.20. The van der Waals surface area contributed by atoms with Crippen LogP contribution in [0.3, 0.4) is 0 Å². The van der Waals surface area contributed by atoms with Gasteiger partial charge >= 0.3 is 0 Å². The van der Waals surface area contributed by atoms with Crippen LogP contribution in [-0.4, -0.2) is 235 Å². The zero-order valence-electron chi connectivity index (χ0n) is 69.7. The SMILES string of the molecule is COc1cc(F)c2c(ccn2C[C@@H](C)N(C)C)c1.COc1ccc2c(c1)c(F)cn2C[C@@H](C)N(C)C.COc1ccc2c(c1)cc(F)n2C[C@@H](C)N(C)C.COc1ccc2c(c1)cc(OC)n2C[C@@H](C)N(C)C.COc1ccc2c(ccn2C[C@@H](C)N(C)C)c1F.COc1ccc2c(ccn2C[C@@H](C)N(C)C)c1OC. The molecule has 6 aromatic heterocycles. The third kappa shape index (κ3) is 21.9. The van der Waals surface area contributed by atoms with Gasteiger partial charge in [0.2, 0.25) is 0 Å². The molecule has 0 saturated heterocycles. The lowest BCUT2D eigenvalue weighted by Gasteiger charge is -2.21. The first kappa shape index (κ1) is 87.7. The number of aromatic nitrogens is 6. The molecule has 0 aliphatic carbocycles. The number of hydrogen-bond acceptors (Lipinski definition) is 14. The van der Waals surface area contributed by atoms with Crippen LogP contribution < -0.4 is 37.9 Å². The third-order valence-corrected chi connectivity index (χ3v) is 20.8. The van der Waals surface area contributed by atoms with Gasteiger partial charge in [-0.05, 0) is 229 Å². The lowest BCUT2D eigenvalue weighted by molar-refractivity contribution is 0.273. The summed E-state index contributed by atoms with van der Waals surface area (Å²) in [6, 6.07) is 39.8. The zero-order chi connectivity index (χ0) is 81.1. The van der Waals surface area contributed by atoms with Gasteiger partial charge in [0, 0.05) is 151 Å². The van der Waals surface area contributed by atoms with Gasteiger partial charge in [0.25, 0.3) is 0 Å². The fourth-order valence-corrected chi connectivity index (χ4v) is 12.2. The molecule has 12 aromatic rings. The Balaban J connectivity index is 0.000000184. The van der Waals surface area contributed by atoms with Crippen LogP contribution in [0.2, 0.25) is 0 Å². The van der Waals surface area contributed by atoms with E-state index >= 15 is 0 Å². The Labute approximate surface area is 648 Å². The highest BCUT2D eigenvalue weighted by Crippen LogP contribution is 2.37. The molecule has 0 amide bonds. The lowest BCUT2D eigenvalue weighted by atomic mass is 10.2. The molecule has 6 heterocycles. The second kappa shape index (κ2) is 40.4. The molecule has 0 aliphatic heterocycles. The van der Waals surface area contributed by atoms with Gasteiger partial charge in [0.05, 0.1) is 90.0 Å². The van der Waals surface area contributed by atoms with E-state index in [9.17, 15) is 17.6 Å². The summed E-state index contributed by atoms with van der Waals surface area (Å²) < 4.78 is 110. The van der Waals surface area contributed by atoms with Crippen LogP contribution in [0.25, 0.3) is 65.4 Å². The molecule has 110 heavy (non-hydrogen) atoms. The number of methoxy groups -OCH3 is 8. The summed E-state index contributed by atoms with van der Waals surface area (Å²) in [6.07, 6.45) is 7.51. The minimum absolute atomic E-state index is 0.199. The first-order valence-electron chi connectivity index (χ1n) is 37.0.